The molecular formula is C27H46O3Si. The zero-order valence-electron chi connectivity index (χ0n) is 21.2. The molecule has 0 aromatic heterocycles. The van der Waals surface area contributed by atoms with Gasteiger partial charge in [-0.25, -0.2) is 0 Å². The van der Waals surface area contributed by atoms with E-state index in [4.69, 9.17) is 4.43 Å². The molecule has 0 bridgehead atoms. The highest BCUT2D eigenvalue weighted by atomic mass is 28.4. The van der Waals surface area contributed by atoms with Crippen LogP contribution in [-0.4, -0.2) is 26.5 Å². The minimum absolute atomic E-state index is 0.123. The predicted octanol–water partition coefficient (Wildman–Crippen LogP) is 7.73. The summed E-state index contributed by atoms with van der Waals surface area (Å²) in [4.78, 5) is 23.8. The number of carbonyl (C=O) groups excluding carboxylic acids is 2. The lowest BCUT2D eigenvalue weighted by Crippen LogP contribution is -2.51. The maximum absolute atomic E-state index is 12.1. The van der Waals surface area contributed by atoms with Gasteiger partial charge in [-0.15, -0.1) is 0 Å². The van der Waals surface area contributed by atoms with Crippen LogP contribution in [0.5, 0.6) is 0 Å². The predicted molar refractivity (Wildman–Crippen MR) is 135 cm³/mol. The standard InChI is InChI=1S/C27H46O3Si/c1-20(2)31(21(3)4,22(5)6)30-27-18-15-23(7)25(19-28)16-17-26(29)14-12-10-9-11-13-24(27)8/h9-11,13,19-22,24,27H,12,14-18H2,1-8H3/b10-9-,13-11+,25-23+/t24-,27-/m0/s1. The Morgan fingerprint density at radius 2 is 1.58 bits per heavy atom. The summed E-state index contributed by atoms with van der Waals surface area (Å²) in [6, 6.07) is 0. The Morgan fingerprint density at radius 1 is 0.968 bits per heavy atom. The van der Waals surface area contributed by atoms with Crippen LogP contribution in [0.25, 0.3) is 0 Å². The highest BCUT2D eigenvalue weighted by Gasteiger charge is 2.47. The molecule has 0 saturated carbocycles. The molecule has 2 atom stereocenters. The monoisotopic (exact) mass is 446 g/mol. The summed E-state index contributed by atoms with van der Waals surface area (Å²) in [5.41, 5.74) is 3.50. The van der Waals surface area contributed by atoms with Crippen molar-refractivity contribution in [2.24, 2.45) is 5.92 Å². The first kappa shape index (κ1) is 27.8. The van der Waals surface area contributed by atoms with Crippen molar-refractivity contribution < 1.29 is 14.0 Å². The fourth-order valence-electron chi connectivity index (χ4n) is 5.17. The third-order valence-electron chi connectivity index (χ3n) is 7.07. The second-order valence-electron chi connectivity index (χ2n) is 10.2. The second kappa shape index (κ2) is 13.3. The van der Waals surface area contributed by atoms with Crippen molar-refractivity contribution in [1.82, 2.24) is 0 Å². The van der Waals surface area contributed by atoms with Gasteiger partial charge in [-0.3, -0.25) is 9.59 Å². The van der Waals surface area contributed by atoms with Crippen LogP contribution in [-0.2, 0) is 14.0 Å². The smallest absolute Gasteiger partial charge is 0.200 e. The summed E-state index contributed by atoms with van der Waals surface area (Å²) in [5.74, 6) is 0.513. The maximum atomic E-state index is 12.1. The molecule has 176 valence electrons. The van der Waals surface area contributed by atoms with E-state index in [1.165, 1.54) is 0 Å². The van der Waals surface area contributed by atoms with Crippen LogP contribution in [0.1, 0.15) is 93.9 Å². The highest BCUT2D eigenvalue weighted by molar-refractivity contribution is 6.77. The molecule has 0 aliphatic heterocycles. The van der Waals surface area contributed by atoms with E-state index in [-0.39, 0.29) is 17.8 Å². The normalized spacial score (nSPS) is 27.3. The van der Waals surface area contributed by atoms with Crippen molar-refractivity contribution >= 4 is 20.4 Å². The number of carbonyl (C=O) groups is 2. The van der Waals surface area contributed by atoms with Crippen molar-refractivity contribution in [3.05, 3.63) is 35.5 Å². The molecule has 0 spiro atoms. The van der Waals surface area contributed by atoms with E-state index in [1.54, 1.807) is 0 Å². The number of aldehydes is 1. The van der Waals surface area contributed by atoms with E-state index in [9.17, 15) is 9.59 Å². The fourth-order valence-corrected chi connectivity index (χ4v) is 10.8. The third kappa shape index (κ3) is 7.98. The van der Waals surface area contributed by atoms with Crippen molar-refractivity contribution in [3.8, 4) is 0 Å². The van der Waals surface area contributed by atoms with Gasteiger partial charge in [0.15, 0.2) is 0 Å². The lowest BCUT2D eigenvalue weighted by atomic mass is 9.94. The molecule has 0 radical (unpaired) electrons. The van der Waals surface area contributed by atoms with Gasteiger partial charge >= 0.3 is 0 Å². The van der Waals surface area contributed by atoms with Crippen LogP contribution >= 0.6 is 0 Å². The van der Waals surface area contributed by atoms with Crippen molar-refractivity contribution in [2.75, 3.05) is 0 Å². The van der Waals surface area contributed by atoms with Gasteiger partial charge in [0.25, 0.3) is 0 Å². The van der Waals surface area contributed by atoms with Gasteiger partial charge in [-0.1, -0.05) is 78.3 Å². The topological polar surface area (TPSA) is 43.4 Å². The molecule has 3 nitrogen and oxygen atoms in total. The Hall–Kier alpha value is -1.26. The maximum Gasteiger partial charge on any atom is 0.200 e. The van der Waals surface area contributed by atoms with E-state index in [0.29, 0.717) is 35.9 Å². The summed E-state index contributed by atoms with van der Waals surface area (Å²) in [6.07, 6.45) is 13.6. The lowest BCUT2D eigenvalue weighted by molar-refractivity contribution is -0.118. The molecule has 0 aromatic rings. The fraction of sp³-hybridized carbons (Fsp3) is 0.704. The number of ketones is 1. The van der Waals surface area contributed by atoms with Crippen molar-refractivity contribution in [1.29, 1.82) is 0 Å². The van der Waals surface area contributed by atoms with E-state index >= 15 is 0 Å². The Morgan fingerprint density at radius 3 is 2.13 bits per heavy atom. The van der Waals surface area contributed by atoms with Crippen LogP contribution in [0.3, 0.4) is 0 Å². The molecule has 0 unspecified atom stereocenters. The van der Waals surface area contributed by atoms with Gasteiger partial charge in [0.05, 0.1) is 6.10 Å². The van der Waals surface area contributed by atoms with Gasteiger partial charge < -0.3 is 4.43 Å². The molecule has 0 amide bonds. The molecule has 1 aliphatic carbocycles. The van der Waals surface area contributed by atoms with Gasteiger partial charge in [-0.05, 0) is 60.7 Å². The lowest BCUT2D eigenvalue weighted by Gasteiger charge is -2.45. The van der Waals surface area contributed by atoms with Gasteiger partial charge in [0.2, 0.25) is 8.32 Å². The van der Waals surface area contributed by atoms with Crippen LogP contribution < -0.4 is 0 Å². The average molecular weight is 447 g/mol. The van der Waals surface area contributed by atoms with Crippen molar-refractivity contribution in [3.63, 3.8) is 0 Å². The molecule has 31 heavy (non-hydrogen) atoms. The molecule has 1 aliphatic rings. The third-order valence-corrected chi connectivity index (χ3v) is 13.2. The minimum atomic E-state index is -2.01. The number of hydrogen-bond acceptors (Lipinski definition) is 3. The molecule has 0 N–H and O–H groups in total. The van der Waals surface area contributed by atoms with E-state index in [1.807, 2.05) is 6.92 Å². The molecule has 4 heteroatoms. The summed E-state index contributed by atoms with van der Waals surface area (Å²) >= 11 is 0. The van der Waals surface area contributed by atoms with Crippen LogP contribution in [0.2, 0.25) is 16.6 Å². The van der Waals surface area contributed by atoms with E-state index in [2.05, 4.69) is 72.8 Å². The Kier molecular flexibility index (Phi) is 11.9. The van der Waals surface area contributed by atoms with Crippen LogP contribution in [0.15, 0.2) is 35.5 Å². The largest absolute Gasteiger partial charge is 0.413 e. The average Bonchev–Trinajstić information content (AvgIpc) is 2.69. The quantitative estimate of drug-likeness (QED) is 0.309. The Labute approximate surface area is 192 Å². The first-order chi connectivity index (χ1) is 14.6. The zero-order valence-corrected chi connectivity index (χ0v) is 22.2. The SMILES string of the molecule is C/C1=C(\C=O)CCC(=O)CC/C=C\C=C\[C@H](C)[C@@H](O[Si](C(C)C)(C(C)C)C(C)C)CC1. The molecule has 0 saturated heterocycles. The zero-order chi connectivity index (χ0) is 23.6. The van der Waals surface area contributed by atoms with Crippen LogP contribution in [0, 0.1) is 5.92 Å². The van der Waals surface area contributed by atoms with Crippen LogP contribution in [0.4, 0.5) is 0 Å². The Bertz CT molecular complexity index is 648. The summed E-state index contributed by atoms with van der Waals surface area (Å²) in [5, 5.41) is 0. The highest BCUT2D eigenvalue weighted by Crippen LogP contribution is 2.44. The molecule has 0 fully saturated rings. The van der Waals surface area contributed by atoms with Gasteiger partial charge in [0.1, 0.15) is 12.1 Å². The number of hydrogen-bond donors (Lipinski definition) is 0. The minimum Gasteiger partial charge on any atom is -0.413 e. The molecule has 1 rings (SSSR count). The number of Topliss-reactive ketones (excluding diaryl/α,β-unsaturated/α-hetero) is 1. The molecule has 0 aromatic carbocycles. The summed E-state index contributed by atoms with van der Waals surface area (Å²) < 4.78 is 7.19. The first-order valence-corrected chi connectivity index (χ1v) is 14.4. The van der Waals surface area contributed by atoms with E-state index in [0.717, 1.165) is 36.7 Å². The molecule has 0 heterocycles. The first-order valence-electron chi connectivity index (χ1n) is 12.2. The molecular weight excluding hydrogens is 400 g/mol. The Balaban J connectivity index is 3.28. The van der Waals surface area contributed by atoms with Gasteiger partial charge in [0, 0.05) is 12.8 Å². The second-order valence-corrected chi connectivity index (χ2v) is 15.6. The number of allylic oxidation sites excluding steroid dienone is 5. The van der Waals surface area contributed by atoms with E-state index < -0.39 is 8.32 Å². The van der Waals surface area contributed by atoms with Gasteiger partial charge in [-0.2, -0.15) is 0 Å². The summed E-state index contributed by atoms with van der Waals surface area (Å²) in [7, 11) is -2.01. The van der Waals surface area contributed by atoms with Crippen molar-refractivity contribution in [2.45, 2.75) is 117 Å². The number of rotatable bonds is 6. The summed E-state index contributed by atoms with van der Waals surface area (Å²) in [6.45, 7) is 18.3.